The van der Waals surface area contributed by atoms with Crippen LogP contribution in [-0.4, -0.2) is 48.1 Å². The van der Waals surface area contributed by atoms with Crippen LogP contribution < -0.4 is 5.32 Å². The lowest BCUT2D eigenvalue weighted by atomic mass is 9.95. The Morgan fingerprint density at radius 1 is 1.31 bits per heavy atom. The number of hydrogen-bond acceptors (Lipinski definition) is 5. The fourth-order valence-electron chi connectivity index (χ4n) is 3.55. The second kappa shape index (κ2) is 7.29. The zero-order valence-electron chi connectivity index (χ0n) is 15.6. The van der Waals surface area contributed by atoms with Gasteiger partial charge in [0, 0.05) is 35.7 Å². The molecule has 1 N–H and O–H groups in total. The van der Waals surface area contributed by atoms with Gasteiger partial charge in [0.2, 0.25) is 16.0 Å². The first-order valence-electron chi connectivity index (χ1n) is 8.84. The Labute approximate surface area is 160 Å². The minimum Gasteiger partial charge on any atom is -0.351 e. The predicted molar refractivity (Wildman–Crippen MR) is 106 cm³/mol. The van der Waals surface area contributed by atoms with Crippen molar-refractivity contribution in [1.29, 1.82) is 0 Å². The topological polar surface area (TPSA) is 75.2 Å². The Morgan fingerprint density at radius 2 is 1.96 bits per heavy atom. The zero-order valence-corrected chi connectivity index (χ0v) is 17.2. The Bertz CT molecular complexity index is 922. The molecule has 1 fully saturated rings. The van der Waals surface area contributed by atoms with Crippen LogP contribution in [0.1, 0.15) is 43.7 Å². The van der Waals surface area contributed by atoms with Gasteiger partial charge in [-0.25, -0.2) is 22.7 Å². The van der Waals surface area contributed by atoms with E-state index in [1.54, 1.807) is 6.20 Å². The monoisotopic (exact) mass is 396 g/mol. The maximum absolute atomic E-state index is 11.6. The third-order valence-electron chi connectivity index (χ3n) is 4.95. The molecular formula is C18H25ClN4O2S. The highest BCUT2D eigenvalue weighted by Gasteiger charge is 2.25. The summed E-state index contributed by atoms with van der Waals surface area (Å²) in [5, 5.41) is 5.04. The van der Waals surface area contributed by atoms with Gasteiger partial charge in [-0.2, -0.15) is 0 Å². The van der Waals surface area contributed by atoms with Crippen LogP contribution in [0.4, 0.5) is 5.95 Å². The number of aromatic nitrogens is 2. The molecule has 0 aliphatic carbocycles. The van der Waals surface area contributed by atoms with E-state index in [0.717, 1.165) is 39.9 Å². The number of nitrogens with zero attached hydrogens (tertiary/aromatic N) is 3. The van der Waals surface area contributed by atoms with Crippen molar-refractivity contribution in [2.24, 2.45) is 0 Å². The van der Waals surface area contributed by atoms with Crippen LogP contribution in [0.3, 0.4) is 0 Å². The van der Waals surface area contributed by atoms with Gasteiger partial charge in [-0.05, 0) is 42.9 Å². The number of sulfonamides is 1. The SMILES string of the molecule is Cc1c(Cl)cc2cnc(NC3CCN(S(C)(=O)=O)CC3)nc2c1C(C)C. The van der Waals surface area contributed by atoms with Crippen molar-refractivity contribution in [2.45, 2.75) is 45.6 Å². The lowest BCUT2D eigenvalue weighted by Crippen LogP contribution is -2.42. The standard InChI is InChI=1S/C18H25ClN4O2S/c1-11(2)16-12(3)15(19)9-13-10-20-18(22-17(13)16)21-14-5-7-23(8-6-14)26(4,24)25/h9-11,14H,5-8H2,1-4H3,(H,20,21,22). The zero-order chi connectivity index (χ0) is 19.1. The molecule has 0 unspecified atom stereocenters. The van der Waals surface area contributed by atoms with Crippen LogP contribution >= 0.6 is 11.6 Å². The van der Waals surface area contributed by atoms with Crippen molar-refractivity contribution in [3.05, 3.63) is 28.4 Å². The number of rotatable bonds is 4. The van der Waals surface area contributed by atoms with E-state index in [1.165, 1.54) is 10.6 Å². The highest BCUT2D eigenvalue weighted by molar-refractivity contribution is 7.88. The van der Waals surface area contributed by atoms with E-state index in [-0.39, 0.29) is 6.04 Å². The first-order valence-corrected chi connectivity index (χ1v) is 11.1. The molecule has 6 nitrogen and oxygen atoms in total. The third-order valence-corrected chi connectivity index (χ3v) is 6.65. The van der Waals surface area contributed by atoms with Crippen molar-refractivity contribution in [2.75, 3.05) is 24.7 Å². The van der Waals surface area contributed by atoms with Crippen molar-refractivity contribution >= 4 is 38.5 Å². The Hall–Kier alpha value is -1.44. The average Bonchev–Trinajstić information content (AvgIpc) is 2.55. The fraction of sp³-hybridized carbons (Fsp3) is 0.556. The molecule has 2 aromatic rings. The maximum Gasteiger partial charge on any atom is 0.223 e. The summed E-state index contributed by atoms with van der Waals surface area (Å²) in [7, 11) is -3.11. The van der Waals surface area contributed by atoms with Crippen LogP contribution in [0.25, 0.3) is 10.9 Å². The molecule has 3 rings (SSSR count). The number of fused-ring (bicyclic) bond motifs is 1. The quantitative estimate of drug-likeness (QED) is 0.855. The summed E-state index contributed by atoms with van der Waals surface area (Å²) in [6, 6.07) is 2.08. The van der Waals surface area contributed by atoms with Crippen LogP contribution in [-0.2, 0) is 10.0 Å². The van der Waals surface area contributed by atoms with Crippen LogP contribution in [0.15, 0.2) is 12.3 Å². The largest absolute Gasteiger partial charge is 0.351 e. The van der Waals surface area contributed by atoms with E-state index in [0.29, 0.717) is 25.0 Å². The highest BCUT2D eigenvalue weighted by atomic mass is 35.5. The fourth-order valence-corrected chi connectivity index (χ4v) is 4.65. The Kier molecular flexibility index (Phi) is 5.42. The van der Waals surface area contributed by atoms with Crippen molar-refractivity contribution in [3.8, 4) is 0 Å². The molecule has 1 aliphatic rings. The van der Waals surface area contributed by atoms with E-state index >= 15 is 0 Å². The van der Waals surface area contributed by atoms with Gasteiger partial charge in [0.1, 0.15) is 0 Å². The van der Waals surface area contributed by atoms with Gasteiger partial charge in [-0.3, -0.25) is 0 Å². The van der Waals surface area contributed by atoms with Crippen molar-refractivity contribution in [3.63, 3.8) is 0 Å². The second-order valence-corrected chi connectivity index (χ2v) is 9.65. The van der Waals surface area contributed by atoms with Crippen LogP contribution in [0, 0.1) is 6.92 Å². The molecule has 142 valence electrons. The third kappa shape index (κ3) is 3.94. The minimum absolute atomic E-state index is 0.168. The molecule has 1 saturated heterocycles. The molecule has 8 heteroatoms. The van der Waals surface area contributed by atoms with E-state index < -0.39 is 10.0 Å². The van der Waals surface area contributed by atoms with Gasteiger partial charge in [0.15, 0.2) is 0 Å². The van der Waals surface area contributed by atoms with Gasteiger partial charge < -0.3 is 5.32 Å². The lowest BCUT2D eigenvalue weighted by molar-refractivity contribution is 0.331. The Morgan fingerprint density at radius 3 is 2.54 bits per heavy atom. The van der Waals surface area contributed by atoms with Gasteiger partial charge >= 0.3 is 0 Å². The minimum atomic E-state index is -3.11. The number of benzene rings is 1. The normalized spacial score (nSPS) is 17.2. The molecule has 26 heavy (non-hydrogen) atoms. The van der Waals surface area contributed by atoms with Crippen molar-refractivity contribution in [1.82, 2.24) is 14.3 Å². The Balaban J connectivity index is 1.84. The molecular weight excluding hydrogens is 372 g/mol. The smallest absolute Gasteiger partial charge is 0.223 e. The van der Waals surface area contributed by atoms with E-state index in [9.17, 15) is 8.42 Å². The molecule has 0 radical (unpaired) electrons. The first-order chi connectivity index (χ1) is 12.2. The summed E-state index contributed by atoms with van der Waals surface area (Å²) in [4.78, 5) is 9.17. The van der Waals surface area contributed by atoms with Gasteiger partial charge in [-0.1, -0.05) is 25.4 Å². The molecule has 1 aromatic carbocycles. The summed E-state index contributed by atoms with van der Waals surface area (Å²) in [5.74, 6) is 0.885. The number of hydrogen-bond donors (Lipinski definition) is 1. The molecule has 0 saturated carbocycles. The van der Waals surface area contributed by atoms with Gasteiger partial charge in [0.05, 0.1) is 11.8 Å². The predicted octanol–water partition coefficient (Wildman–Crippen LogP) is 3.55. The number of piperidine rings is 1. The number of halogens is 1. The highest BCUT2D eigenvalue weighted by Crippen LogP contribution is 2.33. The molecule has 2 heterocycles. The van der Waals surface area contributed by atoms with E-state index in [2.05, 4.69) is 24.1 Å². The summed E-state index contributed by atoms with van der Waals surface area (Å²) < 4.78 is 24.8. The van der Waals surface area contributed by atoms with E-state index in [4.69, 9.17) is 16.6 Å². The molecule has 0 atom stereocenters. The molecule has 0 spiro atoms. The average molecular weight is 397 g/mol. The molecule has 0 bridgehead atoms. The first kappa shape index (κ1) is 19.3. The molecule has 0 amide bonds. The van der Waals surface area contributed by atoms with Gasteiger partial charge in [0.25, 0.3) is 0 Å². The number of nitrogens with one attached hydrogen (secondary N) is 1. The second-order valence-electron chi connectivity index (χ2n) is 7.26. The summed E-state index contributed by atoms with van der Waals surface area (Å²) in [6.45, 7) is 7.34. The maximum atomic E-state index is 11.6. The summed E-state index contributed by atoms with van der Waals surface area (Å²) >= 11 is 6.36. The van der Waals surface area contributed by atoms with Gasteiger partial charge in [-0.15, -0.1) is 0 Å². The summed E-state index contributed by atoms with van der Waals surface area (Å²) in [5.41, 5.74) is 3.12. The lowest BCUT2D eigenvalue weighted by Gasteiger charge is -2.30. The van der Waals surface area contributed by atoms with Crippen LogP contribution in [0.2, 0.25) is 5.02 Å². The summed E-state index contributed by atoms with van der Waals surface area (Å²) in [6.07, 6.45) is 4.54. The van der Waals surface area contributed by atoms with Crippen LogP contribution in [0.5, 0.6) is 0 Å². The molecule has 1 aliphatic heterocycles. The number of anilines is 1. The molecule has 1 aromatic heterocycles. The van der Waals surface area contributed by atoms with Crippen molar-refractivity contribution < 1.29 is 8.42 Å². The van der Waals surface area contributed by atoms with E-state index in [1.807, 2.05) is 13.0 Å².